The Morgan fingerprint density at radius 2 is 2.27 bits per heavy atom. The molecule has 2 aromatic heterocycles. The molecule has 2 N–H and O–H groups in total. The van der Waals surface area contributed by atoms with Crippen molar-refractivity contribution >= 4 is 46.1 Å². The van der Waals surface area contributed by atoms with Crippen molar-refractivity contribution in [2.45, 2.75) is 5.03 Å². The number of rotatable bonds is 4. The Morgan fingerprint density at radius 3 is 3.09 bits per heavy atom. The van der Waals surface area contributed by atoms with Gasteiger partial charge >= 0.3 is 0 Å². The first kappa shape index (κ1) is 14.7. The summed E-state index contributed by atoms with van der Waals surface area (Å²) in [6.45, 7) is 0. The molecule has 112 valence electrons. The van der Waals surface area contributed by atoms with E-state index in [1.807, 2.05) is 0 Å². The zero-order valence-electron chi connectivity index (χ0n) is 11.0. The van der Waals surface area contributed by atoms with E-state index >= 15 is 0 Å². The van der Waals surface area contributed by atoms with Crippen molar-refractivity contribution in [3.05, 3.63) is 41.7 Å². The van der Waals surface area contributed by atoms with E-state index in [0.29, 0.717) is 21.9 Å². The fourth-order valence-corrected chi connectivity index (χ4v) is 2.78. The first-order valence-electron chi connectivity index (χ1n) is 6.16. The number of nitrogens with one attached hydrogen (secondary N) is 2. The van der Waals surface area contributed by atoms with E-state index in [2.05, 4.69) is 25.3 Å². The van der Waals surface area contributed by atoms with Crippen LogP contribution in [0.5, 0.6) is 0 Å². The van der Waals surface area contributed by atoms with Crippen LogP contribution in [0.2, 0.25) is 5.28 Å². The first-order chi connectivity index (χ1) is 10.6. The van der Waals surface area contributed by atoms with Crippen LogP contribution in [0.15, 0.2) is 35.6 Å². The summed E-state index contributed by atoms with van der Waals surface area (Å²) in [5.41, 5.74) is 1.46. The summed E-state index contributed by atoms with van der Waals surface area (Å²) >= 11 is 7.00. The number of benzene rings is 1. The molecule has 9 heteroatoms. The quantitative estimate of drug-likeness (QED) is 0.434. The van der Waals surface area contributed by atoms with Gasteiger partial charge in [-0.05, 0) is 29.8 Å². The molecule has 1 aromatic carbocycles. The number of amides is 1. The number of aromatic amines is 1. The van der Waals surface area contributed by atoms with E-state index in [-0.39, 0.29) is 16.9 Å². The van der Waals surface area contributed by atoms with Gasteiger partial charge in [0, 0.05) is 5.69 Å². The lowest BCUT2D eigenvalue weighted by Crippen LogP contribution is -2.14. The number of anilines is 1. The number of aromatic nitrogens is 4. The molecule has 0 bridgehead atoms. The Kier molecular flexibility index (Phi) is 4.21. The van der Waals surface area contributed by atoms with E-state index in [1.54, 1.807) is 6.07 Å². The van der Waals surface area contributed by atoms with Crippen LogP contribution in [0, 0.1) is 5.82 Å². The summed E-state index contributed by atoms with van der Waals surface area (Å²) < 4.78 is 13.1. The average molecular weight is 338 g/mol. The van der Waals surface area contributed by atoms with Gasteiger partial charge in [-0.25, -0.2) is 14.4 Å². The molecule has 1 amide bonds. The maximum absolute atomic E-state index is 13.1. The predicted octanol–water partition coefficient (Wildman–Crippen LogP) is 2.88. The topological polar surface area (TPSA) is 83.6 Å². The molecule has 6 nitrogen and oxygen atoms in total. The third-order valence-electron chi connectivity index (χ3n) is 2.67. The highest BCUT2D eigenvalue weighted by atomic mass is 35.5. The number of H-pyrrole nitrogens is 1. The van der Waals surface area contributed by atoms with Crippen molar-refractivity contribution < 1.29 is 9.18 Å². The standard InChI is InChI=1S/C13H9ClFN5OS/c14-13-19-11-10(16-6-17-11)12(20-13)22-5-9(21)18-8-3-1-2-7(15)4-8/h1-4,6H,5H2,(H,18,21)(H,16,17,19,20). The average Bonchev–Trinajstić information content (AvgIpc) is 2.93. The van der Waals surface area contributed by atoms with Crippen LogP contribution in [0.1, 0.15) is 0 Å². The van der Waals surface area contributed by atoms with Gasteiger partial charge in [0.15, 0.2) is 5.65 Å². The van der Waals surface area contributed by atoms with E-state index in [4.69, 9.17) is 11.6 Å². The van der Waals surface area contributed by atoms with Gasteiger partial charge in [-0.1, -0.05) is 17.8 Å². The molecule has 0 atom stereocenters. The van der Waals surface area contributed by atoms with Crippen molar-refractivity contribution in [2.24, 2.45) is 0 Å². The summed E-state index contributed by atoms with van der Waals surface area (Å²) in [4.78, 5) is 26.8. The van der Waals surface area contributed by atoms with Gasteiger partial charge < -0.3 is 10.3 Å². The zero-order chi connectivity index (χ0) is 15.5. The van der Waals surface area contributed by atoms with E-state index in [0.717, 1.165) is 0 Å². The van der Waals surface area contributed by atoms with E-state index in [1.165, 1.54) is 36.3 Å². The maximum Gasteiger partial charge on any atom is 0.234 e. The lowest BCUT2D eigenvalue weighted by atomic mass is 10.3. The SMILES string of the molecule is O=C(CSc1nc(Cl)nc2nc[nH]c12)Nc1cccc(F)c1. The van der Waals surface area contributed by atoms with Crippen molar-refractivity contribution in [1.29, 1.82) is 0 Å². The van der Waals surface area contributed by atoms with Crippen LogP contribution >= 0.6 is 23.4 Å². The second kappa shape index (κ2) is 6.29. The number of nitrogens with zero attached hydrogens (tertiary/aromatic N) is 3. The largest absolute Gasteiger partial charge is 0.341 e. The van der Waals surface area contributed by atoms with Gasteiger partial charge in [-0.2, -0.15) is 4.98 Å². The summed E-state index contributed by atoms with van der Waals surface area (Å²) in [5.74, 6) is -0.594. The Morgan fingerprint density at radius 1 is 1.41 bits per heavy atom. The first-order valence-corrected chi connectivity index (χ1v) is 7.53. The molecule has 22 heavy (non-hydrogen) atoms. The Labute approximate surface area is 133 Å². The minimum atomic E-state index is -0.410. The van der Waals surface area contributed by atoms with Crippen LogP contribution in [0.3, 0.4) is 0 Å². The molecule has 0 aliphatic carbocycles. The maximum atomic E-state index is 13.1. The molecule has 0 radical (unpaired) electrons. The Hall–Kier alpha value is -2.19. The predicted molar refractivity (Wildman–Crippen MR) is 82.4 cm³/mol. The number of carbonyl (C=O) groups is 1. The Bertz CT molecular complexity index is 840. The zero-order valence-corrected chi connectivity index (χ0v) is 12.6. The van der Waals surface area contributed by atoms with E-state index < -0.39 is 5.82 Å². The normalized spacial score (nSPS) is 10.8. The fourth-order valence-electron chi connectivity index (χ4n) is 1.78. The molecule has 0 aliphatic rings. The molecule has 0 unspecified atom stereocenters. The van der Waals surface area contributed by atoms with Gasteiger partial charge in [0.05, 0.1) is 12.1 Å². The summed E-state index contributed by atoms with van der Waals surface area (Å²) in [6, 6.07) is 5.69. The van der Waals surface area contributed by atoms with Crippen molar-refractivity contribution in [3.8, 4) is 0 Å². The van der Waals surface area contributed by atoms with Gasteiger partial charge in [0.2, 0.25) is 11.2 Å². The third kappa shape index (κ3) is 3.34. The highest BCUT2D eigenvalue weighted by Crippen LogP contribution is 2.24. The van der Waals surface area contributed by atoms with Crippen LogP contribution in [-0.4, -0.2) is 31.6 Å². The van der Waals surface area contributed by atoms with Crippen molar-refractivity contribution in [2.75, 3.05) is 11.1 Å². The monoisotopic (exact) mass is 337 g/mol. The highest BCUT2D eigenvalue weighted by molar-refractivity contribution is 8.00. The number of hydrogen-bond acceptors (Lipinski definition) is 5. The van der Waals surface area contributed by atoms with Gasteiger partial charge in [-0.3, -0.25) is 4.79 Å². The lowest BCUT2D eigenvalue weighted by Gasteiger charge is -2.05. The molecule has 0 aliphatic heterocycles. The molecular weight excluding hydrogens is 329 g/mol. The minimum Gasteiger partial charge on any atom is -0.341 e. The molecular formula is C13H9ClFN5OS. The molecule has 3 rings (SSSR count). The molecule has 3 aromatic rings. The molecule has 0 saturated heterocycles. The molecule has 0 fully saturated rings. The third-order valence-corrected chi connectivity index (χ3v) is 3.82. The fraction of sp³-hybridized carbons (Fsp3) is 0.0769. The number of imidazole rings is 1. The smallest absolute Gasteiger partial charge is 0.234 e. The van der Waals surface area contributed by atoms with Crippen LogP contribution in [0.25, 0.3) is 11.2 Å². The summed E-state index contributed by atoms with van der Waals surface area (Å²) in [6.07, 6.45) is 1.48. The number of hydrogen-bond donors (Lipinski definition) is 2. The second-order valence-corrected chi connectivity index (χ2v) is 5.55. The molecule has 0 saturated carbocycles. The van der Waals surface area contributed by atoms with Gasteiger partial charge in [0.25, 0.3) is 0 Å². The van der Waals surface area contributed by atoms with Crippen molar-refractivity contribution in [1.82, 2.24) is 19.9 Å². The lowest BCUT2D eigenvalue weighted by molar-refractivity contribution is -0.113. The molecule has 2 heterocycles. The summed E-state index contributed by atoms with van der Waals surface area (Å²) in [5, 5.41) is 3.20. The van der Waals surface area contributed by atoms with Gasteiger partial charge in [0.1, 0.15) is 16.4 Å². The number of halogens is 2. The van der Waals surface area contributed by atoms with E-state index in [9.17, 15) is 9.18 Å². The van der Waals surface area contributed by atoms with Crippen LogP contribution in [-0.2, 0) is 4.79 Å². The number of fused-ring (bicyclic) bond motifs is 1. The Balaban J connectivity index is 1.68. The molecule has 0 spiro atoms. The van der Waals surface area contributed by atoms with Crippen LogP contribution < -0.4 is 5.32 Å². The minimum absolute atomic E-state index is 0.0626. The highest BCUT2D eigenvalue weighted by Gasteiger charge is 2.12. The second-order valence-electron chi connectivity index (χ2n) is 4.25. The van der Waals surface area contributed by atoms with Crippen LogP contribution in [0.4, 0.5) is 10.1 Å². The number of thioether (sulfide) groups is 1. The van der Waals surface area contributed by atoms with Gasteiger partial charge in [-0.15, -0.1) is 0 Å². The summed E-state index contributed by atoms with van der Waals surface area (Å²) in [7, 11) is 0. The van der Waals surface area contributed by atoms with Crippen molar-refractivity contribution in [3.63, 3.8) is 0 Å². The number of carbonyl (C=O) groups excluding carboxylic acids is 1.